The maximum atomic E-state index is 10.7. The second kappa shape index (κ2) is 9.36. The molecule has 0 radical (unpaired) electrons. The van der Waals surface area contributed by atoms with Gasteiger partial charge in [0.25, 0.3) is 0 Å². The van der Waals surface area contributed by atoms with Crippen LogP contribution in [0.4, 0.5) is 0 Å². The fraction of sp³-hybridized carbons (Fsp3) is 0.0667. The number of carboxylic acids is 2. The zero-order valence-electron chi connectivity index (χ0n) is 12.3. The summed E-state index contributed by atoms with van der Waals surface area (Å²) in [4.78, 5) is 21.3. The van der Waals surface area contributed by atoms with Crippen LogP contribution in [0.2, 0.25) is 25.1 Å². The number of carboxylic acid groups (broad SMARTS) is 2. The second-order valence-corrected chi connectivity index (χ2v) is 6.27. The van der Waals surface area contributed by atoms with Crippen LogP contribution in [-0.2, 0) is 0 Å². The molecule has 5 nitrogen and oxygen atoms in total. The molecule has 0 aliphatic heterocycles. The third kappa shape index (κ3) is 5.30. The standard InChI is InChI=1S/C8H6Cl2O3.C7H3Cl3O2/c1-13-7-5(10)3-2-4(9)6(7)8(11)12;8-3-1-2-4(9)6(10)5(3)7(11)12/h2-3H,1H3,(H,11,12);1-2H,(H,11,12). The fourth-order valence-corrected chi connectivity index (χ4v) is 2.81. The van der Waals surface area contributed by atoms with Crippen LogP contribution in [0.5, 0.6) is 5.75 Å². The smallest absolute Gasteiger partial charge is 0.341 e. The van der Waals surface area contributed by atoms with Crippen LogP contribution in [0.3, 0.4) is 0 Å². The Balaban J connectivity index is 0.000000251. The minimum Gasteiger partial charge on any atom is -0.494 e. The summed E-state index contributed by atoms with van der Waals surface area (Å²) >= 11 is 28.1. The summed E-state index contributed by atoms with van der Waals surface area (Å²) in [7, 11) is 1.34. The lowest BCUT2D eigenvalue weighted by Crippen LogP contribution is -2.01. The van der Waals surface area contributed by atoms with Gasteiger partial charge in [-0.3, -0.25) is 0 Å². The van der Waals surface area contributed by atoms with Crippen molar-refractivity contribution in [2.24, 2.45) is 0 Å². The van der Waals surface area contributed by atoms with Crippen LogP contribution < -0.4 is 4.74 Å². The van der Waals surface area contributed by atoms with E-state index in [1.165, 1.54) is 31.4 Å². The fourth-order valence-electron chi connectivity index (χ4n) is 1.66. The molecule has 0 atom stereocenters. The van der Waals surface area contributed by atoms with E-state index in [0.29, 0.717) is 0 Å². The molecule has 0 saturated heterocycles. The van der Waals surface area contributed by atoms with Gasteiger partial charge in [-0.25, -0.2) is 9.59 Å². The predicted molar refractivity (Wildman–Crippen MR) is 98.4 cm³/mol. The van der Waals surface area contributed by atoms with Crippen LogP contribution in [0.25, 0.3) is 0 Å². The molecule has 0 spiro atoms. The third-order valence-electron chi connectivity index (χ3n) is 2.73. The van der Waals surface area contributed by atoms with Crippen molar-refractivity contribution in [3.63, 3.8) is 0 Å². The first-order valence-electron chi connectivity index (χ1n) is 6.23. The van der Waals surface area contributed by atoms with Gasteiger partial charge in [0.15, 0.2) is 5.75 Å². The van der Waals surface area contributed by atoms with Gasteiger partial charge < -0.3 is 14.9 Å². The summed E-state index contributed by atoms with van der Waals surface area (Å²) < 4.78 is 4.82. The van der Waals surface area contributed by atoms with Gasteiger partial charge in [0, 0.05) is 0 Å². The number of halogens is 5. The molecule has 25 heavy (non-hydrogen) atoms. The van der Waals surface area contributed by atoms with E-state index in [0.717, 1.165) is 0 Å². The zero-order chi connectivity index (χ0) is 19.3. The van der Waals surface area contributed by atoms with Crippen LogP contribution in [0.1, 0.15) is 20.7 Å². The normalized spacial score (nSPS) is 9.84. The summed E-state index contributed by atoms with van der Waals surface area (Å²) in [6, 6.07) is 5.73. The van der Waals surface area contributed by atoms with Gasteiger partial charge in [-0.15, -0.1) is 0 Å². The molecule has 0 fully saturated rings. The van der Waals surface area contributed by atoms with Crippen molar-refractivity contribution >= 4 is 69.9 Å². The van der Waals surface area contributed by atoms with Gasteiger partial charge in [0.2, 0.25) is 0 Å². The van der Waals surface area contributed by atoms with E-state index in [1.54, 1.807) is 0 Å². The number of carbonyl (C=O) groups is 2. The summed E-state index contributed by atoms with van der Waals surface area (Å²) in [5.74, 6) is -2.27. The molecular formula is C15H9Cl5O5. The average molecular weight is 446 g/mol. The predicted octanol–water partition coefficient (Wildman–Crippen LogP) is 6.05. The second-order valence-electron chi connectivity index (χ2n) is 4.27. The molecule has 0 aromatic heterocycles. The first-order chi connectivity index (χ1) is 11.6. The van der Waals surface area contributed by atoms with Crippen molar-refractivity contribution in [2.45, 2.75) is 0 Å². The lowest BCUT2D eigenvalue weighted by atomic mass is 10.2. The topological polar surface area (TPSA) is 83.8 Å². The number of aromatic carboxylic acids is 2. The number of hydrogen-bond donors (Lipinski definition) is 2. The van der Waals surface area contributed by atoms with Crippen LogP contribution in [0, 0.1) is 0 Å². The maximum absolute atomic E-state index is 10.7. The first kappa shape index (κ1) is 21.7. The molecule has 0 aliphatic rings. The Bertz CT molecular complexity index is 822. The van der Waals surface area contributed by atoms with Crippen molar-refractivity contribution in [3.8, 4) is 5.75 Å². The van der Waals surface area contributed by atoms with Gasteiger partial charge in [-0.2, -0.15) is 0 Å². The lowest BCUT2D eigenvalue weighted by Gasteiger charge is -2.07. The van der Waals surface area contributed by atoms with E-state index in [4.69, 9.17) is 73.0 Å². The highest BCUT2D eigenvalue weighted by atomic mass is 35.5. The van der Waals surface area contributed by atoms with Gasteiger partial charge in [0.05, 0.1) is 37.8 Å². The highest BCUT2D eigenvalue weighted by Gasteiger charge is 2.18. The van der Waals surface area contributed by atoms with E-state index in [1.807, 2.05) is 0 Å². The Hall–Kier alpha value is -1.37. The molecule has 0 saturated carbocycles. The maximum Gasteiger partial charge on any atom is 0.341 e. The Morgan fingerprint density at radius 1 is 0.760 bits per heavy atom. The molecule has 0 amide bonds. The van der Waals surface area contributed by atoms with E-state index in [-0.39, 0.29) is 42.0 Å². The van der Waals surface area contributed by atoms with E-state index in [9.17, 15) is 9.59 Å². The van der Waals surface area contributed by atoms with Gasteiger partial charge in [0.1, 0.15) is 5.56 Å². The number of rotatable bonds is 3. The quantitative estimate of drug-likeness (QED) is 0.561. The molecule has 0 heterocycles. The van der Waals surface area contributed by atoms with Crippen molar-refractivity contribution < 1.29 is 24.5 Å². The summed E-state index contributed by atoms with van der Waals surface area (Å²) in [6.07, 6.45) is 0. The Kier molecular flexibility index (Phi) is 8.12. The Morgan fingerprint density at radius 3 is 1.52 bits per heavy atom. The molecule has 2 aromatic rings. The summed E-state index contributed by atoms with van der Waals surface area (Å²) in [5.41, 5.74) is -0.275. The average Bonchev–Trinajstić information content (AvgIpc) is 2.53. The Labute approximate surface area is 167 Å². The van der Waals surface area contributed by atoms with Gasteiger partial charge in [-0.1, -0.05) is 58.0 Å². The molecule has 10 heteroatoms. The minimum atomic E-state index is -1.19. The highest BCUT2D eigenvalue weighted by Crippen LogP contribution is 2.33. The molecule has 134 valence electrons. The minimum absolute atomic E-state index is 0.0309. The number of benzene rings is 2. The summed E-state index contributed by atoms with van der Waals surface area (Å²) in [5, 5.41) is 18.0. The molecular weight excluding hydrogens is 437 g/mol. The molecule has 2 aromatic carbocycles. The third-order valence-corrected chi connectivity index (χ3v) is 4.47. The van der Waals surface area contributed by atoms with Gasteiger partial charge in [-0.05, 0) is 24.3 Å². The molecule has 2 N–H and O–H groups in total. The van der Waals surface area contributed by atoms with E-state index in [2.05, 4.69) is 0 Å². The molecule has 0 bridgehead atoms. The van der Waals surface area contributed by atoms with Crippen molar-refractivity contribution in [1.29, 1.82) is 0 Å². The SMILES string of the molecule is COc1c(Cl)ccc(Cl)c1C(=O)O.O=C(O)c1c(Cl)ccc(Cl)c1Cl. The van der Waals surface area contributed by atoms with Crippen molar-refractivity contribution in [3.05, 3.63) is 60.5 Å². The zero-order valence-corrected chi connectivity index (χ0v) is 16.1. The number of ether oxygens (including phenoxy) is 1. The monoisotopic (exact) mass is 444 g/mol. The van der Waals surface area contributed by atoms with Crippen molar-refractivity contribution in [1.82, 2.24) is 0 Å². The van der Waals surface area contributed by atoms with Crippen LogP contribution >= 0.6 is 58.0 Å². The number of methoxy groups -OCH3 is 1. The largest absolute Gasteiger partial charge is 0.494 e. The van der Waals surface area contributed by atoms with E-state index < -0.39 is 11.9 Å². The molecule has 2 rings (SSSR count). The van der Waals surface area contributed by atoms with E-state index >= 15 is 0 Å². The lowest BCUT2D eigenvalue weighted by molar-refractivity contribution is 0.0684. The number of hydrogen-bond acceptors (Lipinski definition) is 3. The Morgan fingerprint density at radius 2 is 1.16 bits per heavy atom. The van der Waals surface area contributed by atoms with Crippen LogP contribution in [-0.4, -0.2) is 29.3 Å². The van der Waals surface area contributed by atoms with Gasteiger partial charge >= 0.3 is 11.9 Å². The summed E-state index contributed by atoms with van der Waals surface area (Å²) in [6.45, 7) is 0. The highest BCUT2D eigenvalue weighted by molar-refractivity contribution is 6.46. The molecule has 0 unspecified atom stereocenters. The van der Waals surface area contributed by atoms with Crippen molar-refractivity contribution in [2.75, 3.05) is 7.11 Å². The van der Waals surface area contributed by atoms with Crippen LogP contribution in [0.15, 0.2) is 24.3 Å². The first-order valence-corrected chi connectivity index (χ1v) is 8.12. The molecule has 0 aliphatic carbocycles.